The van der Waals surface area contributed by atoms with E-state index >= 15 is 0 Å². The third kappa shape index (κ3) is 5.66. The molecule has 0 aliphatic heterocycles. The molecule has 5 nitrogen and oxygen atoms in total. The first-order chi connectivity index (χ1) is 36.2. The summed E-state index contributed by atoms with van der Waals surface area (Å²) in [7, 11) is 0. The second kappa shape index (κ2) is 14.2. The van der Waals surface area contributed by atoms with Crippen LogP contribution in [-0.4, -0.2) is 19.5 Å². The van der Waals surface area contributed by atoms with Gasteiger partial charge in [-0.1, -0.05) is 164 Å². The van der Waals surface area contributed by atoms with E-state index < -0.39 is 54.4 Å². The van der Waals surface area contributed by atoms with E-state index in [1.54, 1.807) is 35.6 Å². The van der Waals surface area contributed by atoms with E-state index in [0.717, 1.165) is 64.4 Å². The molecule has 63 heavy (non-hydrogen) atoms. The number of rotatable bonds is 6. The van der Waals surface area contributed by atoms with Gasteiger partial charge in [-0.2, -0.15) is 0 Å². The monoisotopic (exact) mass is 834 g/mol. The summed E-state index contributed by atoms with van der Waals surface area (Å²) in [5, 5.41) is 4.09. The van der Waals surface area contributed by atoms with Gasteiger partial charge in [-0.25, -0.2) is 15.0 Å². The van der Waals surface area contributed by atoms with Gasteiger partial charge in [0.25, 0.3) is 0 Å². The van der Waals surface area contributed by atoms with E-state index in [4.69, 9.17) is 34.4 Å². The highest BCUT2D eigenvalue weighted by Crippen LogP contribution is 2.45. The van der Waals surface area contributed by atoms with Crippen molar-refractivity contribution in [3.05, 3.63) is 206 Å². The Labute approximate surface area is 382 Å². The normalized spacial score (nSPS) is 14.5. The number of thiophene rings is 1. The predicted molar refractivity (Wildman–Crippen MR) is 262 cm³/mol. The van der Waals surface area contributed by atoms with E-state index in [0.29, 0.717) is 5.56 Å². The first-order valence-corrected chi connectivity index (χ1v) is 20.9. The Hall–Kier alpha value is -8.19. The number of aromatic nitrogens is 4. The van der Waals surface area contributed by atoms with Crippen LogP contribution in [0.4, 0.5) is 0 Å². The molecule has 0 amide bonds. The zero-order valence-corrected chi connectivity index (χ0v) is 33.6. The summed E-state index contributed by atoms with van der Waals surface area (Å²) in [6.07, 6.45) is 0. The molecule has 9 aromatic carbocycles. The minimum Gasteiger partial charge on any atom is -0.455 e. The van der Waals surface area contributed by atoms with Crippen molar-refractivity contribution in [1.82, 2.24) is 19.5 Å². The van der Waals surface area contributed by atoms with Crippen LogP contribution in [0.2, 0.25) is 0 Å². The third-order valence-corrected chi connectivity index (χ3v) is 12.7. The molecule has 0 atom stereocenters. The summed E-state index contributed by atoms with van der Waals surface area (Å²) in [6.45, 7) is 0. The van der Waals surface area contributed by atoms with Crippen molar-refractivity contribution in [2.75, 3.05) is 0 Å². The Morgan fingerprint density at radius 3 is 1.97 bits per heavy atom. The van der Waals surface area contributed by atoms with Gasteiger partial charge in [0, 0.05) is 69.5 Å². The molecule has 0 aliphatic carbocycles. The fourth-order valence-corrected chi connectivity index (χ4v) is 9.93. The Bertz CT molecular complexity index is 4630. The standard InChI is InChI=1S/C57H34N4OS/c1-2-16-35(17-3-1)55-58-56(60-57(59-55)46-23-8-12-30-50(46)61-48-28-10-6-19-39(48)40-20-7-11-29-49(40)61)45-22-5-4-18-38(45)43-26-15-27-44-47-34-36(32-33-52(47)63-54(43)44)37-24-14-25-42-41-21-9-13-31-51(41)62-53(37)42/h1-34H/i1D,2D,3D,6D,7D,10D,16D,17D,19D,20D,28D,29D. The molecule has 0 unspecified atom stereocenters. The molecule has 0 spiro atoms. The molecule has 6 heteroatoms. The van der Waals surface area contributed by atoms with Crippen molar-refractivity contribution >= 4 is 75.3 Å². The van der Waals surface area contributed by atoms with E-state index in [1.807, 2.05) is 60.7 Å². The molecule has 0 fully saturated rings. The highest BCUT2D eigenvalue weighted by Gasteiger charge is 2.22. The van der Waals surface area contributed by atoms with Crippen molar-refractivity contribution in [3.63, 3.8) is 0 Å². The van der Waals surface area contributed by atoms with Crippen LogP contribution in [0.25, 0.3) is 126 Å². The number of benzene rings is 9. The molecular weight excluding hydrogens is 789 g/mol. The van der Waals surface area contributed by atoms with Crippen molar-refractivity contribution < 1.29 is 20.9 Å². The molecule has 0 N–H and O–H groups in total. The van der Waals surface area contributed by atoms with Crippen LogP contribution in [0.5, 0.6) is 0 Å². The Kier molecular flexibility index (Phi) is 5.76. The molecule has 4 aromatic heterocycles. The summed E-state index contributed by atoms with van der Waals surface area (Å²) in [5.41, 5.74) is 5.92. The average molecular weight is 835 g/mol. The van der Waals surface area contributed by atoms with Gasteiger partial charge in [0.2, 0.25) is 0 Å². The molecule has 13 aromatic rings. The van der Waals surface area contributed by atoms with Gasteiger partial charge in [0.15, 0.2) is 17.5 Å². The van der Waals surface area contributed by atoms with Crippen molar-refractivity contribution in [1.29, 1.82) is 0 Å². The maximum absolute atomic E-state index is 9.19. The first kappa shape index (κ1) is 25.6. The Balaban J connectivity index is 1.05. The Morgan fingerprint density at radius 1 is 0.429 bits per heavy atom. The molecule has 4 heterocycles. The number of fused-ring (bicyclic) bond motifs is 9. The van der Waals surface area contributed by atoms with E-state index in [2.05, 4.69) is 42.5 Å². The van der Waals surface area contributed by atoms with E-state index in [1.165, 1.54) is 10.6 Å². The lowest BCUT2D eigenvalue weighted by Crippen LogP contribution is -2.04. The quantitative estimate of drug-likeness (QED) is 0.167. The molecule has 0 saturated carbocycles. The number of furan rings is 1. The lowest BCUT2D eigenvalue weighted by atomic mass is 9.96. The van der Waals surface area contributed by atoms with Crippen LogP contribution in [0.1, 0.15) is 16.4 Å². The maximum Gasteiger partial charge on any atom is 0.166 e. The molecule has 0 bridgehead atoms. The van der Waals surface area contributed by atoms with Crippen molar-refractivity contribution in [2.45, 2.75) is 0 Å². The van der Waals surface area contributed by atoms with Gasteiger partial charge in [-0.05, 0) is 53.5 Å². The fourth-order valence-electron chi connectivity index (χ4n) is 8.72. The molecule has 0 aliphatic rings. The van der Waals surface area contributed by atoms with Gasteiger partial charge in [-0.3, -0.25) is 0 Å². The van der Waals surface area contributed by atoms with Gasteiger partial charge in [0.05, 0.1) is 33.2 Å². The number of hydrogen-bond donors (Lipinski definition) is 0. The second-order valence-corrected chi connectivity index (χ2v) is 16.0. The summed E-state index contributed by atoms with van der Waals surface area (Å²) in [5.74, 6) is -0.185. The molecule has 0 saturated heterocycles. The van der Waals surface area contributed by atoms with Crippen LogP contribution in [0, 0.1) is 0 Å². The number of nitrogens with zero attached hydrogens (tertiary/aromatic N) is 4. The van der Waals surface area contributed by atoms with Crippen LogP contribution < -0.4 is 0 Å². The molecule has 294 valence electrons. The second-order valence-electron chi connectivity index (χ2n) is 15.0. The highest BCUT2D eigenvalue weighted by molar-refractivity contribution is 7.26. The minimum atomic E-state index is -0.596. The minimum absolute atomic E-state index is 0.00964. The molecular formula is C57H34N4OS. The van der Waals surface area contributed by atoms with Gasteiger partial charge in [-0.15, -0.1) is 11.3 Å². The molecule has 13 rings (SSSR count). The predicted octanol–water partition coefficient (Wildman–Crippen LogP) is 15.6. The van der Waals surface area contributed by atoms with E-state index in [-0.39, 0.29) is 74.2 Å². The van der Waals surface area contributed by atoms with Gasteiger partial charge < -0.3 is 8.98 Å². The smallest absolute Gasteiger partial charge is 0.166 e. The van der Waals surface area contributed by atoms with Crippen LogP contribution in [0.15, 0.2) is 210 Å². The summed E-state index contributed by atoms with van der Waals surface area (Å²) >= 11 is 1.63. The number of hydrogen-bond acceptors (Lipinski definition) is 5. The largest absolute Gasteiger partial charge is 0.455 e. The molecule has 0 radical (unpaired) electrons. The lowest BCUT2D eigenvalue weighted by Gasteiger charge is -2.15. The topological polar surface area (TPSA) is 56.7 Å². The van der Waals surface area contributed by atoms with Crippen LogP contribution in [-0.2, 0) is 0 Å². The van der Waals surface area contributed by atoms with Crippen LogP contribution >= 0.6 is 11.3 Å². The first-order valence-electron chi connectivity index (χ1n) is 26.1. The van der Waals surface area contributed by atoms with E-state index in [9.17, 15) is 1.37 Å². The summed E-state index contributed by atoms with van der Waals surface area (Å²) in [4.78, 5) is 14.9. The third-order valence-electron chi connectivity index (χ3n) is 11.5. The zero-order valence-electron chi connectivity index (χ0n) is 44.8. The van der Waals surface area contributed by atoms with Crippen molar-refractivity contribution in [3.8, 4) is 62.1 Å². The zero-order chi connectivity index (χ0) is 51.9. The van der Waals surface area contributed by atoms with Gasteiger partial charge >= 0.3 is 0 Å². The SMILES string of the molecule is [2H]c1cc([2H])c2c(c1[2H])c1c([2H])c([2H])c([2H])c([2H])c1n2-c1ccccc1-c1nc(-c2ccccc2-c2cccc3c2sc2ccc(-c4cccc5c4oc4ccccc45)cc23)nc(-c2c([2H])c([2H])c([2H])c([2H])c2[2H])n1. The lowest BCUT2D eigenvalue weighted by molar-refractivity contribution is 0.670. The van der Waals surface area contributed by atoms with Gasteiger partial charge in [0.1, 0.15) is 11.2 Å². The summed E-state index contributed by atoms with van der Waals surface area (Å²) < 4.78 is 116. The highest BCUT2D eigenvalue weighted by atomic mass is 32.1. The van der Waals surface area contributed by atoms with Crippen molar-refractivity contribution in [2.24, 2.45) is 0 Å². The number of para-hydroxylation sites is 5. The fraction of sp³-hybridized carbons (Fsp3) is 0. The maximum atomic E-state index is 9.19. The summed E-state index contributed by atoms with van der Waals surface area (Å²) in [6, 6.07) is 36.5. The average Bonchev–Trinajstić information content (AvgIpc) is 4.15. The van der Waals surface area contributed by atoms with Crippen LogP contribution in [0.3, 0.4) is 0 Å². The Morgan fingerprint density at radius 2 is 1.08 bits per heavy atom.